The molecule has 5 nitrogen and oxygen atoms in total. The molecule has 0 aliphatic rings. The molecular weight excluding hydrogens is 238 g/mol. The summed E-state index contributed by atoms with van der Waals surface area (Å²) in [5, 5.41) is 7.25. The Kier molecular flexibility index (Phi) is 3.72. The highest BCUT2D eigenvalue weighted by molar-refractivity contribution is 8.13. The van der Waals surface area contributed by atoms with Crippen molar-refractivity contribution in [2.45, 2.75) is 38.9 Å². The van der Waals surface area contributed by atoms with E-state index in [4.69, 9.17) is 10.7 Å². The lowest BCUT2D eigenvalue weighted by Crippen LogP contribution is -2.13. The summed E-state index contributed by atoms with van der Waals surface area (Å²) in [7, 11) is 1.46. The highest BCUT2D eigenvalue weighted by Gasteiger charge is 2.22. The molecule has 0 saturated heterocycles. The van der Waals surface area contributed by atoms with Crippen molar-refractivity contribution in [1.29, 1.82) is 0 Å². The zero-order valence-corrected chi connectivity index (χ0v) is 10.5. The predicted octanol–water partition coefficient (Wildman–Crippen LogP) is 1.42. The van der Waals surface area contributed by atoms with Gasteiger partial charge in [0.2, 0.25) is 0 Å². The summed E-state index contributed by atoms with van der Waals surface area (Å²) < 4.78 is 24.0. The van der Waals surface area contributed by atoms with Gasteiger partial charge in [-0.25, -0.2) is 8.42 Å². The first-order valence-electron chi connectivity index (χ1n) is 4.73. The van der Waals surface area contributed by atoms with Crippen molar-refractivity contribution in [3.63, 3.8) is 0 Å². The molecule has 1 heterocycles. The number of rotatable bonds is 4. The standard InChI is InChI=1S/C8H14ClN3O2S/c1-4-7-10-11-8(15(9,13)14)12(7)5-6(2)3/h6H,4-5H2,1-3H3. The van der Waals surface area contributed by atoms with Crippen LogP contribution in [0.3, 0.4) is 0 Å². The molecule has 0 radical (unpaired) electrons. The van der Waals surface area contributed by atoms with Crippen molar-refractivity contribution in [1.82, 2.24) is 14.8 Å². The number of halogens is 1. The first-order valence-corrected chi connectivity index (χ1v) is 7.04. The third-order valence-electron chi connectivity index (χ3n) is 1.88. The number of aryl methyl sites for hydroxylation is 1. The summed E-state index contributed by atoms with van der Waals surface area (Å²) in [6.07, 6.45) is 0.631. The lowest BCUT2D eigenvalue weighted by Gasteiger charge is -2.09. The minimum Gasteiger partial charge on any atom is -0.301 e. The van der Waals surface area contributed by atoms with E-state index in [1.807, 2.05) is 20.8 Å². The first-order chi connectivity index (χ1) is 6.86. The Hall–Kier alpha value is -0.620. The van der Waals surface area contributed by atoms with Gasteiger partial charge >= 0.3 is 0 Å². The third-order valence-corrected chi connectivity index (χ3v) is 3.03. The van der Waals surface area contributed by atoms with Crippen LogP contribution in [0.25, 0.3) is 0 Å². The SMILES string of the molecule is CCc1nnc(S(=O)(=O)Cl)n1CC(C)C. The van der Waals surface area contributed by atoms with Gasteiger partial charge < -0.3 is 4.57 Å². The maximum Gasteiger partial charge on any atom is 0.296 e. The number of aromatic nitrogens is 3. The fourth-order valence-electron chi connectivity index (χ4n) is 1.31. The van der Waals surface area contributed by atoms with Crippen molar-refractivity contribution >= 4 is 19.7 Å². The van der Waals surface area contributed by atoms with Crippen molar-refractivity contribution in [3.8, 4) is 0 Å². The van der Waals surface area contributed by atoms with Gasteiger partial charge in [0.15, 0.2) is 0 Å². The Balaban J connectivity index is 3.24. The van der Waals surface area contributed by atoms with E-state index in [0.717, 1.165) is 0 Å². The predicted molar refractivity (Wildman–Crippen MR) is 57.3 cm³/mol. The normalized spacial score (nSPS) is 12.3. The Morgan fingerprint density at radius 1 is 1.40 bits per heavy atom. The molecule has 0 atom stereocenters. The van der Waals surface area contributed by atoms with Gasteiger partial charge in [-0.1, -0.05) is 20.8 Å². The van der Waals surface area contributed by atoms with Crippen LogP contribution in [-0.4, -0.2) is 23.2 Å². The minimum atomic E-state index is -3.81. The van der Waals surface area contributed by atoms with E-state index in [1.54, 1.807) is 4.57 Å². The van der Waals surface area contributed by atoms with Gasteiger partial charge in [0, 0.05) is 23.6 Å². The molecule has 1 aromatic rings. The molecule has 7 heteroatoms. The van der Waals surface area contributed by atoms with Crippen LogP contribution in [0.4, 0.5) is 0 Å². The average Bonchev–Trinajstić information content (AvgIpc) is 2.45. The summed E-state index contributed by atoms with van der Waals surface area (Å²) in [6, 6.07) is 0. The van der Waals surface area contributed by atoms with Gasteiger partial charge in [-0.15, -0.1) is 10.2 Å². The molecule has 0 N–H and O–H groups in total. The van der Waals surface area contributed by atoms with Gasteiger partial charge in [-0.3, -0.25) is 0 Å². The highest BCUT2D eigenvalue weighted by Crippen LogP contribution is 2.16. The van der Waals surface area contributed by atoms with E-state index in [2.05, 4.69) is 10.2 Å². The molecule has 1 aromatic heterocycles. The van der Waals surface area contributed by atoms with Crippen molar-refractivity contribution < 1.29 is 8.42 Å². The Bertz CT molecular complexity index is 439. The Morgan fingerprint density at radius 3 is 2.40 bits per heavy atom. The van der Waals surface area contributed by atoms with E-state index >= 15 is 0 Å². The molecule has 0 spiro atoms. The quantitative estimate of drug-likeness (QED) is 0.760. The van der Waals surface area contributed by atoms with Crippen LogP contribution in [0.5, 0.6) is 0 Å². The second-order valence-corrected chi connectivity index (χ2v) is 6.15. The zero-order valence-electron chi connectivity index (χ0n) is 8.94. The van der Waals surface area contributed by atoms with Crippen LogP contribution >= 0.6 is 10.7 Å². The van der Waals surface area contributed by atoms with Crippen LogP contribution in [0.1, 0.15) is 26.6 Å². The molecule has 0 bridgehead atoms. The van der Waals surface area contributed by atoms with Crippen LogP contribution in [-0.2, 0) is 22.0 Å². The minimum absolute atomic E-state index is 0.158. The van der Waals surface area contributed by atoms with Crippen LogP contribution in [0.15, 0.2) is 5.16 Å². The van der Waals surface area contributed by atoms with E-state index in [-0.39, 0.29) is 5.16 Å². The van der Waals surface area contributed by atoms with Crippen LogP contribution < -0.4 is 0 Å². The lowest BCUT2D eigenvalue weighted by molar-refractivity contribution is 0.473. The third kappa shape index (κ3) is 2.92. The summed E-state index contributed by atoms with van der Waals surface area (Å²) in [5.41, 5.74) is 0. The van der Waals surface area contributed by atoms with Crippen molar-refractivity contribution in [3.05, 3.63) is 5.82 Å². The molecule has 0 amide bonds. The van der Waals surface area contributed by atoms with Gasteiger partial charge in [0.25, 0.3) is 14.2 Å². The Morgan fingerprint density at radius 2 is 2.00 bits per heavy atom. The second-order valence-electron chi connectivity index (χ2n) is 3.69. The van der Waals surface area contributed by atoms with E-state index in [0.29, 0.717) is 24.7 Å². The summed E-state index contributed by atoms with van der Waals surface area (Å²) in [4.78, 5) is 0. The van der Waals surface area contributed by atoms with E-state index in [1.165, 1.54) is 0 Å². The molecule has 0 aromatic carbocycles. The molecule has 86 valence electrons. The fourth-order valence-corrected chi connectivity index (χ4v) is 2.23. The van der Waals surface area contributed by atoms with Gasteiger partial charge in [-0.2, -0.15) is 0 Å². The fraction of sp³-hybridized carbons (Fsp3) is 0.750. The molecule has 0 aliphatic heterocycles. The molecule has 0 aliphatic carbocycles. The Labute approximate surface area is 93.9 Å². The van der Waals surface area contributed by atoms with Crippen molar-refractivity contribution in [2.24, 2.45) is 5.92 Å². The smallest absolute Gasteiger partial charge is 0.296 e. The van der Waals surface area contributed by atoms with E-state index < -0.39 is 9.05 Å². The monoisotopic (exact) mass is 251 g/mol. The van der Waals surface area contributed by atoms with Gasteiger partial charge in [-0.05, 0) is 5.92 Å². The first kappa shape index (κ1) is 12.4. The summed E-state index contributed by atoms with van der Waals surface area (Å²) >= 11 is 0. The summed E-state index contributed by atoms with van der Waals surface area (Å²) in [6.45, 7) is 6.43. The van der Waals surface area contributed by atoms with E-state index in [9.17, 15) is 8.42 Å². The van der Waals surface area contributed by atoms with Gasteiger partial charge in [0.05, 0.1) is 0 Å². The maximum atomic E-state index is 11.2. The molecule has 15 heavy (non-hydrogen) atoms. The average molecular weight is 252 g/mol. The molecular formula is C8H14ClN3O2S. The highest BCUT2D eigenvalue weighted by atomic mass is 35.7. The lowest BCUT2D eigenvalue weighted by atomic mass is 10.2. The van der Waals surface area contributed by atoms with Crippen molar-refractivity contribution in [2.75, 3.05) is 0 Å². The second kappa shape index (κ2) is 4.49. The van der Waals surface area contributed by atoms with Crippen LogP contribution in [0, 0.1) is 5.92 Å². The number of nitrogens with zero attached hydrogens (tertiary/aromatic N) is 3. The molecule has 1 rings (SSSR count). The maximum absolute atomic E-state index is 11.2. The summed E-state index contributed by atoms with van der Waals surface area (Å²) in [5.74, 6) is 0.950. The zero-order chi connectivity index (χ0) is 11.6. The number of hydrogen-bond donors (Lipinski definition) is 0. The molecule has 0 fully saturated rings. The topological polar surface area (TPSA) is 64.8 Å². The number of hydrogen-bond acceptors (Lipinski definition) is 4. The largest absolute Gasteiger partial charge is 0.301 e. The molecule has 0 unspecified atom stereocenters. The van der Waals surface area contributed by atoms with Gasteiger partial charge in [0.1, 0.15) is 5.82 Å². The molecule has 0 saturated carbocycles. The van der Waals surface area contributed by atoms with Crippen LogP contribution in [0.2, 0.25) is 0 Å².